The van der Waals surface area contributed by atoms with Gasteiger partial charge in [0, 0.05) is 6.42 Å². The number of amides is 3. The van der Waals surface area contributed by atoms with Crippen molar-refractivity contribution in [2.24, 2.45) is 11.7 Å². The van der Waals surface area contributed by atoms with Crippen LogP contribution < -0.4 is 21.7 Å². The predicted octanol–water partition coefficient (Wildman–Crippen LogP) is -1.29. The van der Waals surface area contributed by atoms with Gasteiger partial charge in [-0.3, -0.25) is 14.4 Å². The average molecular weight is 342 g/mol. The molecule has 1 aliphatic rings. The Kier molecular flexibility index (Phi) is 7.63. The zero-order valence-electron chi connectivity index (χ0n) is 14.0. The summed E-state index contributed by atoms with van der Waals surface area (Å²) in [5.41, 5.74) is 5.01. The van der Waals surface area contributed by atoms with E-state index in [0.29, 0.717) is 6.42 Å². The molecule has 3 atom stereocenters. The number of carbonyl (C=O) groups excluding carboxylic acids is 3. The van der Waals surface area contributed by atoms with Crippen LogP contribution in [-0.2, 0) is 19.2 Å². The van der Waals surface area contributed by atoms with E-state index in [0.717, 1.165) is 13.0 Å². The van der Waals surface area contributed by atoms with E-state index in [1.807, 2.05) is 0 Å². The number of hydrogen-bond donors (Lipinski definition) is 5. The van der Waals surface area contributed by atoms with Crippen LogP contribution >= 0.6 is 0 Å². The summed E-state index contributed by atoms with van der Waals surface area (Å²) in [7, 11) is 0. The molecule has 0 saturated carbocycles. The highest BCUT2D eigenvalue weighted by Crippen LogP contribution is 2.09. The minimum absolute atomic E-state index is 0.0979. The zero-order valence-corrected chi connectivity index (χ0v) is 14.0. The predicted molar refractivity (Wildman–Crippen MR) is 85.8 cm³/mol. The van der Waals surface area contributed by atoms with Crippen molar-refractivity contribution >= 4 is 23.7 Å². The van der Waals surface area contributed by atoms with Gasteiger partial charge in [0.1, 0.15) is 12.1 Å². The third-order valence-corrected chi connectivity index (χ3v) is 3.92. The molecule has 136 valence electrons. The van der Waals surface area contributed by atoms with Crippen molar-refractivity contribution in [2.45, 2.75) is 57.7 Å². The summed E-state index contributed by atoms with van der Waals surface area (Å²) >= 11 is 0. The summed E-state index contributed by atoms with van der Waals surface area (Å²) in [4.78, 5) is 46.5. The highest BCUT2D eigenvalue weighted by Gasteiger charge is 2.31. The van der Waals surface area contributed by atoms with E-state index in [2.05, 4.69) is 16.0 Å². The second-order valence-corrected chi connectivity index (χ2v) is 6.28. The lowest BCUT2D eigenvalue weighted by Gasteiger charge is -2.25. The smallest absolute Gasteiger partial charge is 0.326 e. The van der Waals surface area contributed by atoms with E-state index in [1.54, 1.807) is 13.8 Å². The van der Waals surface area contributed by atoms with Gasteiger partial charge in [-0.15, -0.1) is 0 Å². The van der Waals surface area contributed by atoms with Gasteiger partial charge < -0.3 is 26.8 Å². The Hall–Kier alpha value is -2.16. The third kappa shape index (κ3) is 6.15. The first kappa shape index (κ1) is 19.9. The molecule has 3 amide bonds. The van der Waals surface area contributed by atoms with E-state index in [4.69, 9.17) is 10.8 Å². The molecule has 1 aliphatic heterocycles. The Morgan fingerprint density at radius 2 is 1.92 bits per heavy atom. The van der Waals surface area contributed by atoms with E-state index < -0.39 is 29.9 Å². The van der Waals surface area contributed by atoms with Gasteiger partial charge in [0.2, 0.25) is 17.7 Å². The van der Waals surface area contributed by atoms with Crippen LogP contribution in [0.5, 0.6) is 0 Å². The molecule has 24 heavy (non-hydrogen) atoms. The standard InChI is InChI=1S/C15H26N4O5/c1-8(2)12(19-13(21)9-4-3-7-17-9)14(22)18-10(15(23)24)5-6-11(16)20/h8-10,12,17H,3-7H2,1-2H3,(H2,16,20)(H,18,22)(H,19,21)(H,23,24)/t9-,10-,12-/m0/s1. The normalized spacial score (nSPS) is 19.5. The second-order valence-electron chi connectivity index (χ2n) is 6.28. The van der Waals surface area contributed by atoms with Gasteiger partial charge in [-0.2, -0.15) is 0 Å². The van der Waals surface area contributed by atoms with Crippen molar-refractivity contribution in [2.75, 3.05) is 6.54 Å². The average Bonchev–Trinajstić information content (AvgIpc) is 3.02. The van der Waals surface area contributed by atoms with E-state index in [1.165, 1.54) is 0 Å². The highest BCUT2D eigenvalue weighted by molar-refractivity contribution is 5.92. The molecule has 0 aromatic rings. The molecule has 1 fully saturated rings. The Labute approximate surface area is 140 Å². The molecule has 0 aromatic carbocycles. The minimum atomic E-state index is -1.25. The van der Waals surface area contributed by atoms with Crippen LogP contribution in [0.25, 0.3) is 0 Å². The van der Waals surface area contributed by atoms with Crippen LogP contribution in [0, 0.1) is 5.92 Å². The first-order chi connectivity index (χ1) is 11.2. The molecular formula is C15H26N4O5. The Balaban J connectivity index is 2.68. The molecule has 6 N–H and O–H groups in total. The van der Waals surface area contributed by atoms with Crippen molar-refractivity contribution in [3.63, 3.8) is 0 Å². The van der Waals surface area contributed by atoms with Crippen LogP contribution in [0.4, 0.5) is 0 Å². The summed E-state index contributed by atoms with van der Waals surface area (Å²) < 4.78 is 0. The first-order valence-corrected chi connectivity index (χ1v) is 8.07. The van der Waals surface area contributed by atoms with Crippen molar-refractivity contribution in [3.05, 3.63) is 0 Å². The number of carbonyl (C=O) groups is 4. The van der Waals surface area contributed by atoms with Crippen LogP contribution in [0.1, 0.15) is 39.5 Å². The van der Waals surface area contributed by atoms with E-state index in [-0.39, 0.29) is 30.7 Å². The summed E-state index contributed by atoms with van der Waals surface area (Å²) in [5, 5.41) is 17.2. The number of carboxylic acids is 1. The number of rotatable bonds is 9. The van der Waals surface area contributed by atoms with Crippen molar-refractivity contribution in [3.8, 4) is 0 Å². The molecule has 1 rings (SSSR count). The number of hydrogen-bond acceptors (Lipinski definition) is 5. The fraction of sp³-hybridized carbons (Fsp3) is 0.733. The number of aliphatic carboxylic acids is 1. The lowest BCUT2D eigenvalue weighted by Crippen LogP contribution is -2.56. The Morgan fingerprint density at radius 1 is 1.25 bits per heavy atom. The van der Waals surface area contributed by atoms with Crippen LogP contribution in [-0.4, -0.2) is 53.5 Å². The highest BCUT2D eigenvalue weighted by atomic mass is 16.4. The second kappa shape index (κ2) is 9.21. The van der Waals surface area contributed by atoms with Gasteiger partial charge in [-0.05, 0) is 31.7 Å². The molecule has 0 unspecified atom stereocenters. The van der Waals surface area contributed by atoms with Gasteiger partial charge in [0.15, 0.2) is 0 Å². The summed E-state index contributed by atoms with van der Waals surface area (Å²) in [5.74, 6) is -2.98. The van der Waals surface area contributed by atoms with E-state index in [9.17, 15) is 19.2 Å². The number of primary amides is 1. The molecule has 9 heteroatoms. The summed E-state index contributed by atoms with van der Waals surface area (Å²) in [6.45, 7) is 4.27. The lowest BCUT2D eigenvalue weighted by atomic mass is 10.0. The van der Waals surface area contributed by atoms with Crippen LogP contribution in [0.15, 0.2) is 0 Å². The Morgan fingerprint density at radius 3 is 2.38 bits per heavy atom. The van der Waals surface area contributed by atoms with Crippen LogP contribution in [0.2, 0.25) is 0 Å². The van der Waals surface area contributed by atoms with Crippen molar-refractivity contribution < 1.29 is 24.3 Å². The molecule has 0 aromatic heterocycles. The van der Waals surface area contributed by atoms with Gasteiger partial charge in [0.05, 0.1) is 6.04 Å². The largest absolute Gasteiger partial charge is 0.480 e. The maximum Gasteiger partial charge on any atom is 0.326 e. The number of nitrogens with two attached hydrogens (primary N) is 1. The number of carboxylic acid groups (broad SMARTS) is 1. The first-order valence-electron chi connectivity index (χ1n) is 8.07. The molecule has 0 aliphatic carbocycles. The van der Waals surface area contributed by atoms with Crippen LogP contribution in [0.3, 0.4) is 0 Å². The maximum atomic E-state index is 12.4. The fourth-order valence-corrected chi connectivity index (χ4v) is 2.50. The molecule has 0 spiro atoms. The minimum Gasteiger partial charge on any atom is -0.480 e. The molecule has 9 nitrogen and oxygen atoms in total. The maximum absolute atomic E-state index is 12.4. The number of nitrogens with one attached hydrogen (secondary N) is 3. The molecule has 0 bridgehead atoms. The fourth-order valence-electron chi connectivity index (χ4n) is 2.50. The summed E-state index contributed by atoms with van der Waals surface area (Å²) in [6.07, 6.45) is 1.35. The summed E-state index contributed by atoms with van der Waals surface area (Å²) in [6, 6.07) is -2.41. The monoisotopic (exact) mass is 342 g/mol. The van der Waals surface area contributed by atoms with Gasteiger partial charge >= 0.3 is 5.97 Å². The lowest BCUT2D eigenvalue weighted by molar-refractivity contribution is -0.142. The quantitative estimate of drug-likeness (QED) is 0.352. The van der Waals surface area contributed by atoms with E-state index >= 15 is 0 Å². The topological polar surface area (TPSA) is 151 Å². The third-order valence-electron chi connectivity index (χ3n) is 3.92. The van der Waals surface area contributed by atoms with Gasteiger partial charge in [-0.25, -0.2) is 4.79 Å². The molecule has 1 heterocycles. The van der Waals surface area contributed by atoms with Crippen molar-refractivity contribution in [1.29, 1.82) is 0 Å². The van der Waals surface area contributed by atoms with Gasteiger partial charge in [0.25, 0.3) is 0 Å². The zero-order chi connectivity index (χ0) is 18.3. The molecule has 1 saturated heterocycles. The molecular weight excluding hydrogens is 316 g/mol. The Bertz CT molecular complexity index is 488. The molecule has 0 radical (unpaired) electrons. The van der Waals surface area contributed by atoms with Gasteiger partial charge in [-0.1, -0.05) is 13.8 Å². The SMILES string of the molecule is CC(C)[C@H](NC(=O)[C@@H]1CCCN1)C(=O)N[C@@H](CCC(N)=O)C(=O)O. The van der Waals surface area contributed by atoms with Crippen molar-refractivity contribution in [1.82, 2.24) is 16.0 Å².